The SMILES string of the molecule is CCCCN(C)CC(=O)Nc1cc(N(C)C)c2c(c1O)C(O)=C1C(=O)[C@]3(O)C(O)=C(C(N)=O)C(=O)[C@@H](N(C)C)C3CC1C2.Cl.Cl. The molecule has 2 amide bonds. The number of hydrogen-bond donors (Lipinski definition) is 6. The first-order valence-electron chi connectivity index (χ1n) is 14.3. The molecule has 0 spiro atoms. The van der Waals surface area contributed by atoms with Crippen molar-refractivity contribution in [1.29, 1.82) is 0 Å². The van der Waals surface area contributed by atoms with Crippen molar-refractivity contribution in [3.63, 3.8) is 0 Å². The van der Waals surface area contributed by atoms with Gasteiger partial charge in [-0.05, 0) is 64.5 Å². The molecule has 1 saturated carbocycles. The Balaban J connectivity index is 0.00000353. The number of halogens is 2. The molecule has 45 heavy (non-hydrogen) atoms. The first kappa shape index (κ1) is 37.8. The van der Waals surface area contributed by atoms with Gasteiger partial charge in [0.1, 0.15) is 22.8 Å². The second-order valence-corrected chi connectivity index (χ2v) is 12.1. The van der Waals surface area contributed by atoms with E-state index in [1.165, 1.54) is 4.90 Å². The molecule has 0 radical (unpaired) electrons. The summed E-state index contributed by atoms with van der Waals surface area (Å²) in [5.41, 5.74) is 2.55. The highest BCUT2D eigenvalue weighted by Crippen LogP contribution is 2.54. The number of Topliss-reactive ketones (excluding diaryl/α,β-unsaturated/α-hetero) is 2. The van der Waals surface area contributed by atoms with E-state index in [4.69, 9.17) is 5.73 Å². The number of fused-ring (bicyclic) bond motifs is 3. The molecule has 7 N–H and O–H groups in total. The molecule has 0 saturated heterocycles. The summed E-state index contributed by atoms with van der Waals surface area (Å²) in [5, 5.41) is 48.4. The summed E-state index contributed by atoms with van der Waals surface area (Å²) in [7, 11) is 8.42. The van der Waals surface area contributed by atoms with Crippen LogP contribution in [0.25, 0.3) is 5.76 Å². The standard InChI is InChI=1S/C30H41N5O8.2ClH/c1-7-8-9-35(6)13-19(36)32-17-12-18(33(2)3)15-10-14-11-16-23(34(4)5)26(39)22(29(31)42)28(41)30(16,43)27(40)20(14)25(38)21(15)24(17)37;;/h12,14,16,23,37-38,41,43H,7-11,13H2,1-6H3,(H2,31,42)(H,32,36);2*1H/t14?,16?,23-,30-;;/m0../s1. The number of unbranched alkanes of at least 4 members (excludes halogenated alkanes) is 1. The van der Waals surface area contributed by atoms with Crippen LogP contribution in [-0.2, 0) is 25.6 Å². The molecule has 4 rings (SSSR count). The molecule has 3 aliphatic carbocycles. The number of carbonyl (C=O) groups excluding carboxylic acids is 4. The van der Waals surface area contributed by atoms with E-state index in [1.54, 1.807) is 39.2 Å². The van der Waals surface area contributed by atoms with Crippen molar-refractivity contribution >= 4 is 65.3 Å². The van der Waals surface area contributed by atoms with E-state index in [9.17, 15) is 39.6 Å². The molecule has 250 valence electrons. The van der Waals surface area contributed by atoms with E-state index in [0.29, 0.717) is 17.8 Å². The van der Waals surface area contributed by atoms with Crippen LogP contribution in [0.3, 0.4) is 0 Å². The van der Waals surface area contributed by atoms with Crippen LogP contribution in [0.1, 0.15) is 37.3 Å². The molecule has 1 aromatic carbocycles. The van der Waals surface area contributed by atoms with E-state index >= 15 is 0 Å². The number of aromatic hydroxyl groups is 1. The fourth-order valence-corrected chi connectivity index (χ4v) is 6.73. The van der Waals surface area contributed by atoms with Gasteiger partial charge in [0, 0.05) is 31.3 Å². The summed E-state index contributed by atoms with van der Waals surface area (Å²) >= 11 is 0. The summed E-state index contributed by atoms with van der Waals surface area (Å²) in [4.78, 5) is 57.4. The lowest BCUT2D eigenvalue weighted by Crippen LogP contribution is -2.65. The number of amides is 2. The van der Waals surface area contributed by atoms with Gasteiger partial charge in [0.2, 0.25) is 11.7 Å². The van der Waals surface area contributed by atoms with E-state index in [2.05, 4.69) is 5.32 Å². The fourth-order valence-electron chi connectivity index (χ4n) is 6.73. The van der Waals surface area contributed by atoms with Gasteiger partial charge in [-0.2, -0.15) is 0 Å². The molecule has 13 nitrogen and oxygen atoms in total. The molecule has 1 aromatic rings. The predicted octanol–water partition coefficient (Wildman–Crippen LogP) is 1.54. The number of aliphatic hydroxyl groups is 3. The summed E-state index contributed by atoms with van der Waals surface area (Å²) < 4.78 is 0. The van der Waals surface area contributed by atoms with Crippen LogP contribution in [0.4, 0.5) is 11.4 Å². The van der Waals surface area contributed by atoms with Crippen LogP contribution in [0, 0.1) is 11.8 Å². The Morgan fingerprint density at radius 1 is 1.09 bits per heavy atom. The van der Waals surface area contributed by atoms with Crippen molar-refractivity contribution in [2.24, 2.45) is 17.6 Å². The summed E-state index contributed by atoms with van der Waals surface area (Å²) in [6.07, 6.45) is 2.01. The minimum absolute atomic E-state index is 0. The number of anilines is 2. The monoisotopic (exact) mass is 671 g/mol. The van der Waals surface area contributed by atoms with Gasteiger partial charge in [-0.1, -0.05) is 13.3 Å². The number of hydrogen-bond acceptors (Lipinski definition) is 11. The predicted molar refractivity (Wildman–Crippen MR) is 174 cm³/mol. The topological polar surface area (TPSA) is 197 Å². The Bertz CT molecular complexity index is 1460. The van der Waals surface area contributed by atoms with Crippen molar-refractivity contribution in [3.8, 4) is 5.75 Å². The first-order chi connectivity index (χ1) is 20.1. The van der Waals surface area contributed by atoms with E-state index < -0.39 is 63.8 Å². The largest absolute Gasteiger partial charge is 0.508 e. The Morgan fingerprint density at radius 3 is 2.24 bits per heavy atom. The zero-order valence-electron chi connectivity index (χ0n) is 26.2. The molecule has 0 bridgehead atoms. The summed E-state index contributed by atoms with van der Waals surface area (Å²) in [6.45, 7) is 2.82. The molecule has 15 heteroatoms. The van der Waals surface area contributed by atoms with E-state index in [1.807, 2.05) is 18.9 Å². The minimum Gasteiger partial charge on any atom is -0.508 e. The quantitative estimate of drug-likeness (QED) is 0.164. The molecule has 0 aromatic heterocycles. The molecule has 0 aliphatic heterocycles. The van der Waals surface area contributed by atoms with Gasteiger partial charge in [0.15, 0.2) is 11.4 Å². The maximum absolute atomic E-state index is 14.1. The third kappa shape index (κ3) is 6.24. The number of carbonyl (C=O) groups is 4. The highest BCUT2D eigenvalue weighted by atomic mass is 35.5. The Hall–Kier alpha value is -3.36. The van der Waals surface area contributed by atoms with Crippen molar-refractivity contribution in [2.75, 3.05) is 58.5 Å². The number of phenolic OH excluding ortho intramolecular Hbond substituents is 1. The Morgan fingerprint density at radius 2 is 1.71 bits per heavy atom. The van der Waals surface area contributed by atoms with Crippen LogP contribution in [-0.4, -0.2) is 114 Å². The van der Waals surface area contributed by atoms with Crippen molar-refractivity contribution in [2.45, 2.75) is 44.2 Å². The number of nitrogens with zero attached hydrogens (tertiary/aromatic N) is 3. The zero-order chi connectivity index (χ0) is 32.1. The molecular weight excluding hydrogens is 629 g/mol. The number of aliphatic hydroxyl groups excluding tert-OH is 2. The van der Waals surface area contributed by atoms with Crippen LogP contribution >= 0.6 is 24.8 Å². The van der Waals surface area contributed by atoms with E-state index in [0.717, 1.165) is 12.8 Å². The maximum atomic E-state index is 14.1. The highest BCUT2D eigenvalue weighted by Gasteiger charge is 2.64. The summed E-state index contributed by atoms with van der Waals surface area (Å²) in [6, 6.07) is 0.435. The normalized spacial score (nSPS) is 24.0. The average molecular weight is 673 g/mol. The Kier molecular flexibility index (Phi) is 11.7. The lowest BCUT2D eigenvalue weighted by molar-refractivity contribution is -0.153. The van der Waals surface area contributed by atoms with E-state index in [-0.39, 0.29) is 66.9 Å². The average Bonchev–Trinajstić information content (AvgIpc) is 2.90. The maximum Gasteiger partial charge on any atom is 0.255 e. The van der Waals surface area contributed by atoms with Crippen LogP contribution in [0.15, 0.2) is 23.0 Å². The number of primary amides is 1. The molecule has 2 unspecified atom stereocenters. The van der Waals surface area contributed by atoms with Crippen LogP contribution < -0.4 is 16.0 Å². The van der Waals surface area contributed by atoms with Gasteiger partial charge >= 0.3 is 0 Å². The molecule has 0 heterocycles. The van der Waals surface area contributed by atoms with Gasteiger partial charge < -0.3 is 36.4 Å². The number of benzene rings is 1. The number of likely N-dealkylation sites (N-methyl/N-ethyl adjacent to an activating group) is 2. The first-order valence-corrected chi connectivity index (χ1v) is 14.3. The lowest BCUT2D eigenvalue weighted by atomic mass is 9.57. The van der Waals surface area contributed by atoms with Crippen LogP contribution in [0.2, 0.25) is 0 Å². The molecule has 4 atom stereocenters. The third-order valence-electron chi connectivity index (χ3n) is 8.76. The lowest BCUT2D eigenvalue weighted by Gasteiger charge is -2.50. The van der Waals surface area contributed by atoms with Crippen LogP contribution in [0.5, 0.6) is 5.75 Å². The second-order valence-electron chi connectivity index (χ2n) is 12.1. The summed E-state index contributed by atoms with van der Waals surface area (Å²) in [5.74, 6) is -7.66. The van der Waals surface area contributed by atoms with Crippen molar-refractivity contribution in [1.82, 2.24) is 9.80 Å². The number of nitrogens with two attached hydrogens (primary N) is 1. The van der Waals surface area contributed by atoms with Gasteiger partial charge in [0.25, 0.3) is 5.91 Å². The molecule has 1 fully saturated rings. The Labute approximate surface area is 274 Å². The van der Waals surface area contributed by atoms with Gasteiger partial charge in [-0.25, -0.2) is 0 Å². The third-order valence-corrected chi connectivity index (χ3v) is 8.76. The fraction of sp³-hybridized carbons (Fsp3) is 0.533. The number of ketones is 2. The van der Waals surface area contributed by atoms with Gasteiger partial charge in [-0.15, -0.1) is 24.8 Å². The number of phenols is 1. The van der Waals surface area contributed by atoms with Crippen molar-refractivity contribution in [3.05, 3.63) is 34.1 Å². The molecular formula is C30H43Cl2N5O8. The minimum atomic E-state index is -2.72. The number of rotatable bonds is 9. The molecule has 3 aliphatic rings. The van der Waals surface area contributed by atoms with Crippen molar-refractivity contribution < 1.29 is 39.6 Å². The smallest absolute Gasteiger partial charge is 0.255 e. The van der Waals surface area contributed by atoms with Gasteiger partial charge in [0.05, 0.1) is 23.8 Å². The second kappa shape index (κ2) is 14.0. The highest BCUT2D eigenvalue weighted by molar-refractivity contribution is 6.24. The zero-order valence-corrected chi connectivity index (χ0v) is 27.8. The van der Waals surface area contributed by atoms with Gasteiger partial charge in [-0.3, -0.25) is 29.0 Å². The number of nitrogens with one attached hydrogen (secondary N) is 1.